The van der Waals surface area contributed by atoms with Gasteiger partial charge in [-0.3, -0.25) is 4.79 Å². The van der Waals surface area contributed by atoms with Gasteiger partial charge in [-0.05, 0) is 23.3 Å². The molecular formula is C18H17N3O2. The molecule has 1 amide bonds. The highest BCUT2D eigenvalue weighted by atomic mass is 16.3. The third-order valence-electron chi connectivity index (χ3n) is 4.28. The molecule has 0 fully saturated rings. The van der Waals surface area contributed by atoms with Crippen LogP contribution in [0.15, 0.2) is 48.5 Å². The minimum absolute atomic E-state index is 0.0300. The normalized spacial score (nSPS) is 17.3. The Morgan fingerprint density at radius 2 is 2.00 bits per heavy atom. The standard InChI is InChI=1S/C18H17N3O2/c22-16-11-21(10-12-5-1-2-6-13(12)16)18(23)9-17-19-14-7-3-4-8-15(14)20-17/h1-8,16,22H,9-11H2,(H,19,20). The molecule has 0 bridgehead atoms. The van der Waals surface area contributed by atoms with E-state index in [0.717, 1.165) is 22.2 Å². The Bertz CT molecular complexity index is 838. The van der Waals surface area contributed by atoms with Crippen molar-refractivity contribution in [2.75, 3.05) is 6.54 Å². The molecule has 3 aromatic rings. The fourth-order valence-corrected chi connectivity index (χ4v) is 3.11. The number of benzene rings is 2. The van der Waals surface area contributed by atoms with Crippen LogP contribution in [0, 0.1) is 0 Å². The van der Waals surface area contributed by atoms with Gasteiger partial charge < -0.3 is 15.0 Å². The average molecular weight is 307 g/mol. The number of para-hydroxylation sites is 2. The van der Waals surface area contributed by atoms with Gasteiger partial charge in [0.25, 0.3) is 0 Å². The topological polar surface area (TPSA) is 69.2 Å². The van der Waals surface area contributed by atoms with Gasteiger partial charge in [0.15, 0.2) is 0 Å². The van der Waals surface area contributed by atoms with Gasteiger partial charge in [-0.15, -0.1) is 0 Å². The van der Waals surface area contributed by atoms with Crippen LogP contribution >= 0.6 is 0 Å². The molecule has 0 saturated carbocycles. The Labute approximate surface area is 133 Å². The van der Waals surface area contributed by atoms with Crippen molar-refractivity contribution in [3.05, 3.63) is 65.5 Å². The zero-order chi connectivity index (χ0) is 15.8. The van der Waals surface area contributed by atoms with Crippen LogP contribution in [0.2, 0.25) is 0 Å². The summed E-state index contributed by atoms with van der Waals surface area (Å²) >= 11 is 0. The molecule has 116 valence electrons. The van der Waals surface area contributed by atoms with Crippen molar-refractivity contribution in [2.24, 2.45) is 0 Å². The number of H-pyrrole nitrogens is 1. The quantitative estimate of drug-likeness (QED) is 0.762. The summed E-state index contributed by atoms with van der Waals surface area (Å²) in [6.07, 6.45) is -0.414. The molecule has 4 rings (SSSR count). The molecule has 1 aromatic heterocycles. The largest absolute Gasteiger partial charge is 0.387 e. The fourth-order valence-electron chi connectivity index (χ4n) is 3.11. The predicted molar refractivity (Wildman–Crippen MR) is 86.6 cm³/mol. The number of aromatic amines is 1. The van der Waals surface area contributed by atoms with E-state index in [9.17, 15) is 9.90 Å². The number of fused-ring (bicyclic) bond motifs is 2. The van der Waals surface area contributed by atoms with E-state index in [1.165, 1.54) is 0 Å². The molecule has 1 unspecified atom stereocenters. The summed E-state index contributed by atoms with van der Waals surface area (Å²) in [7, 11) is 0. The zero-order valence-corrected chi connectivity index (χ0v) is 12.6. The lowest BCUT2D eigenvalue weighted by Gasteiger charge is -2.32. The Hall–Kier alpha value is -2.66. The Kier molecular flexibility index (Phi) is 3.35. The van der Waals surface area contributed by atoms with E-state index in [1.807, 2.05) is 48.5 Å². The molecule has 0 radical (unpaired) electrons. The van der Waals surface area contributed by atoms with Crippen LogP contribution in [-0.2, 0) is 17.8 Å². The second-order valence-electron chi connectivity index (χ2n) is 5.87. The van der Waals surface area contributed by atoms with Gasteiger partial charge in [0.1, 0.15) is 5.82 Å². The highest BCUT2D eigenvalue weighted by Crippen LogP contribution is 2.26. The van der Waals surface area contributed by atoms with E-state index in [0.29, 0.717) is 18.9 Å². The van der Waals surface area contributed by atoms with Gasteiger partial charge >= 0.3 is 0 Å². The van der Waals surface area contributed by atoms with Crippen LogP contribution in [-0.4, -0.2) is 32.4 Å². The maximum absolute atomic E-state index is 12.6. The van der Waals surface area contributed by atoms with Gasteiger partial charge in [0, 0.05) is 6.54 Å². The van der Waals surface area contributed by atoms with Crippen molar-refractivity contribution in [1.29, 1.82) is 0 Å². The molecule has 23 heavy (non-hydrogen) atoms. The van der Waals surface area contributed by atoms with Crippen LogP contribution in [0.3, 0.4) is 0 Å². The van der Waals surface area contributed by atoms with Crippen molar-refractivity contribution >= 4 is 16.9 Å². The van der Waals surface area contributed by atoms with Gasteiger partial charge in [-0.1, -0.05) is 36.4 Å². The number of aliphatic hydroxyl groups is 1. The van der Waals surface area contributed by atoms with E-state index in [2.05, 4.69) is 9.97 Å². The smallest absolute Gasteiger partial charge is 0.230 e. The number of imidazole rings is 1. The third kappa shape index (κ3) is 2.59. The molecule has 0 saturated heterocycles. The van der Waals surface area contributed by atoms with E-state index in [1.54, 1.807) is 4.90 Å². The number of carbonyl (C=O) groups is 1. The van der Waals surface area contributed by atoms with Crippen molar-refractivity contribution in [3.63, 3.8) is 0 Å². The molecule has 2 heterocycles. The van der Waals surface area contributed by atoms with Crippen LogP contribution in [0.4, 0.5) is 0 Å². The number of amides is 1. The number of hydrogen-bond acceptors (Lipinski definition) is 3. The maximum Gasteiger partial charge on any atom is 0.230 e. The second-order valence-corrected chi connectivity index (χ2v) is 5.87. The fraction of sp³-hybridized carbons (Fsp3) is 0.222. The van der Waals surface area contributed by atoms with Crippen LogP contribution in [0.25, 0.3) is 11.0 Å². The number of aliphatic hydroxyl groups excluding tert-OH is 1. The van der Waals surface area contributed by atoms with Gasteiger partial charge in [-0.25, -0.2) is 4.98 Å². The number of β-amino-alcohol motifs (C(OH)–C–C–N with tert-alkyl or cyclic N) is 1. The van der Waals surface area contributed by atoms with Crippen LogP contribution in [0.1, 0.15) is 23.1 Å². The lowest BCUT2D eigenvalue weighted by molar-refractivity contribution is -0.133. The minimum Gasteiger partial charge on any atom is -0.387 e. The second kappa shape index (κ2) is 5.52. The SMILES string of the molecule is O=C(Cc1nc2ccccc2[nH]1)N1Cc2ccccc2C(O)C1. The summed E-state index contributed by atoms with van der Waals surface area (Å²) in [6.45, 7) is 0.863. The van der Waals surface area contributed by atoms with Gasteiger partial charge in [-0.2, -0.15) is 0 Å². The number of rotatable bonds is 2. The average Bonchev–Trinajstić information content (AvgIpc) is 2.97. The highest BCUT2D eigenvalue weighted by Gasteiger charge is 2.26. The lowest BCUT2D eigenvalue weighted by Crippen LogP contribution is -2.39. The number of aromatic nitrogens is 2. The molecule has 1 atom stereocenters. The van der Waals surface area contributed by atoms with Crippen molar-refractivity contribution in [1.82, 2.24) is 14.9 Å². The summed E-state index contributed by atoms with van der Waals surface area (Å²) in [4.78, 5) is 21.9. The van der Waals surface area contributed by atoms with E-state index in [4.69, 9.17) is 0 Å². The zero-order valence-electron chi connectivity index (χ0n) is 12.6. The summed E-state index contributed by atoms with van der Waals surface area (Å²) in [5, 5.41) is 10.2. The first-order valence-corrected chi connectivity index (χ1v) is 7.68. The molecule has 0 spiro atoms. The molecule has 0 aliphatic carbocycles. The molecular weight excluding hydrogens is 290 g/mol. The summed E-state index contributed by atoms with van der Waals surface area (Å²) < 4.78 is 0. The van der Waals surface area contributed by atoms with Crippen molar-refractivity contribution < 1.29 is 9.90 Å². The molecule has 5 heteroatoms. The van der Waals surface area contributed by atoms with Crippen LogP contribution < -0.4 is 0 Å². The number of nitrogens with zero attached hydrogens (tertiary/aromatic N) is 2. The first-order valence-electron chi connectivity index (χ1n) is 7.68. The Morgan fingerprint density at radius 1 is 1.22 bits per heavy atom. The number of carbonyl (C=O) groups excluding carboxylic acids is 1. The first kappa shape index (κ1) is 14.0. The minimum atomic E-state index is -0.625. The maximum atomic E-state index is 12.6. The van der Waals surface area contributed by atoms with Gasteiger partial charge in [0.2, 0.25) is 5.91 Å². The number of hydrogen-bond donors (Lipinski definition) is 2. The van der Waals surface area contributed by atoms with Crippen LogP contribution in [0.5, 0.6) is 0 Å². The van der Waals surface area contributed by atoms with Gasteiger partial charge in [0.05, 0.1) is 30.1 Å². The summed E-state index contributed by atoms with van der Waals surface area (Å²) in [5.74, 6) is 0.627. The highest BCUT2D eigenvalue weighted by molar-refractivity contribution is 5.81. The molecule has 2 N–H and O–H groups in total. The Morgan fingerprint density at radius 3 is 2.87 bits per heavy atom. The third-order valence-corrected chi connectivity index (χ3v) is 4.28. The molecule has 2 aromatic carbocycles. The summed E-state index contributed by atoms with van der Waals surface area (Å²) in [6, 6.07) is 15.4. The number of nitrogens with one attached hydrogen (secondary N) is 1. The van der Waals surface area contributed by atoms with E-state index >= 15 is 0 Å². The first-order chi connectivity index (χ1) is 11.2. The Balaban J connectivity index is 1.53. The molecule has 1 aliphatic heterocycles. The lowest BCUT2D eigenvalue weighted by atomic mass is 9.97. The van der Waals surface area contributed by atoms with E-state index < -0.39 is 6.10 Å². The van der Waals surface area contributed by atoms with E-state index in [-0.39, 0.29) is 12.3 Å². The molecule has 1 aliphatic rings. The monoisotopic (exact) mass is 307 g/mol. The van der Waals surface area contributed by atoms with Crippen molar-refractivity contribution in [3.8, 4) is 0 Å². The molecule has 5 nitrogen and oxygen atoms in total. The van der Waals surface area contributed by atoms with Crippen molar-refractivity contribution in [2.45, 2.75) is 19.1 Å². The predicted octanol–water partition coefficient (Wildman–Crippen LogP) is 2.18. The summed E-state index contributed by atoms with van der Waals surface area (Å²) in [5.41, 5.74) is 3.71.